The van der Waals surface area contributed by atoms with Crippen molar-refractivity contribution in [1.29, 1.82) is 0 Å². The summed E-state index contributed by atoms with van der Waals surface area (Å²) in [6, 6.07) is 10.8. The Kier molecular flexibility index (Phi) is 2.68. The minimum absolute atomic E-state index is 0.251. The van der Waals surface area contributed by atoms with Crippen molar-refractivity contribution in [2.75, 3.05) is 0 Å². The van der Waals surface area contributed by atoms with Gasteiger partial charge in [-0.2, -0.15) is 0 Å². The van der Waals surface area contributed by atoms with E-state index in [0.717, 1.165) is 10.8 Å². The molecule has 3 nitrogen and oxygen atoms in total. The monoisotopic (exact) mass is 213 g/mol. The van der Waals surface area contributed by atoms with Gasteiger partial charge in [-0.3, -0.25) is 9.59 Å². The normalized spacial score (nSPS) is 10.1. The van der Waals surface area contributed by atoms with E-state index >= 15 is 0 Å². The van der Waals surface area contributed by atoms with Crippen LogP contribution in [0.1, 0.15) is 12.5 Å². The van der Waals surface area contributed by atoms with E-state index in [1.165, 1.54) is 6.92 Å². The first-order valence-corrected chi connectivity index (χ1v) is 4.80. The van der Waals surface area contributed by atoms with Crippen LogP contribution >= 0.6 is 0 Å². The lowest BCUT2D eigenvalue weighted by Gasteiger charge is -2.06. The van der Waals surface area contributed by atoms with Gasteiger partial charge in [0.1, 0.15) is 5.75 Å². The molecule has 0 atom stereocenters. The van der Waals surface area contributed by atoms with Crippen molar-refractivity contribution < 1.29 is 14.3 Å². The van der Waals surface area contributed by atoms with E-state index in [2.05, 4.69) is 0 Å². The Morgan fingerprint density at radius 2 is 1.94 bits per heavy atom. The van der Waals surface area contributed by atoms with Crippen LogP contribution in [0, 0.1) is 0 Å². The summed E-state index contributed by atoms with van der Waals surface area (Å²) in [5.74, 6) is -0.201. The summed E-state index contributed by atoms with van der Waals surface area (Å²) in [5, 5.41) is 1.65. The minimum atomic E-state index is -0.452. The molecule has 0 unspecified atom stereocenters. The fraction of sp³-hybridized carbons (Fsp3) is 0.0769. The average Bonchev–Trinajstić information content (AvgIpc) is 2.28. The molecule has 2 aromatic rings. The molecule has 0 spiro atoms. The average molecular weight is 213 g/mol. The summed E-state index contributed by atoms with van der Waals surface area (Å²) in [5.41, 5.74) is 0.285. The molecule has 0 aromatic heterocycles. The van der Waals surface area contributed by atoms with Gasteiger partial charge >= 0.3 is 5.97 Å². The van der Waals surface area contributed by atoms with Crippen LogP contribution in [0.3, 0.4) is 0 Å². The number of ether oxygens (including phenoxy) is 1. The topological polar surface area (TPSA) is 43.4 Å². The highest BCUT2D eigenvalue weighted by Gasteiger charge is 2.10. The van der Waals surface area contributed by atoms with Gasteiger partial charge in [0, 0.05) is 6.92 Å². The highest BCUT2D eigenvalue weighted by molar-refractivity contribution is 6.01. The summed E-state index contributed by atoms with van der Waals surface area (Å²) in [6.45, 7) is 1.30. The van der Waals surface area contributed by atoms with E-state index in [4.69, 9.17) is 4.74 Å². The van der Waals surface area contributed by atoms with Gasteiger partial charge < -0.3 is 4.74 Å². The van der Waals surface area contributed by atoms with E-state index in [9.17, 15) is 9.59 Å². The molecule has 0 fully saturated rings. The zero-order valence-corrected chi connectivity index (χ0v) is 8.69. The Morgan fingerprint density at radius 3 is 2.62 bits per heavy atom. The highest BCUT2D eigenvalue weighted by atomic mass is 16.5. The number of hydrogen-bond donors (Lipinski definition) is 0. The lowest BCUT2D eigenvalue weighted by atomic mass is 10.0. The molecule has 0 aliphatic carbocycles. The molecule has 2 aromatic carbocycles. The summed E-state index contributed by atoms with van der Waals surface area (Å²) in [7, 11) is 0. The molecule has 16 heavy (non-hydrogen) atoms. The van der Waals surface area contributed by atoms with Crippen LogP contribution in [-0.2, 0) is 9.59 Å². The van der Waals surface area contributed by atoms with Crippen molar-refractivity contribution in [3.05, 3.63) is 42.0 Å². The summed E-state index contributed by atoms with van der Waals surface area (Å²) in [4.78, 5) is 21.8. The van der Waals surface area contributed by atoms with Crippen molar-refractivity contribution in [2.45, 2.75) is 6.92 Å². The fourth-order valence-corrected chi connectivity index (χ4v) is 1.60. The van der Waals surface area contributed by atoms with Gasteiger partial charge in [0.05, 0.1) is 5.56 Å². The number of benzene rings is 2. The van der Waals surface area contributed by atoms with Crippen LogP contribution in [0.5, 0.6) is 5.75 Å². The number of hydrogen-bond acceptors (Lipinski definition) is 3. The number of carbonyl (C=O) groups excluding carboxylic acids is 2. The fourth-order valence-electron chi connectivity index (χ4n) is 1.60. The molecule has 0 amide bonds. The first-order valence-electron chi connectivity index (χ1n) is 4.80. The maximum absolute atomic E-state index is 10.9. The smallest absolute Gasteiger partial charge is 0.308 e. The molecule has 0 aliphatic heterocycles. The number of carbonyl (C=O) groups is 1. The third-order valence-corrected chi connectivity index (χ3v) is 2.25. The summed E-state index contributed by atoms with van der Waals surface area (Å²) < 4.78 is 4.94. The molecule has 1 radical (unpaired) electrons. The zero-order chi connectivity index (χ0) is 11.5. The third kappa shape index (κ3) is 1.80. The van der Waals surface area contributed by atoms with Crippen molar-refractivity contribution in [3.63, 3.8) is 0 Å². The van der Waals surface area contributed by atoms with Crippen molar-refractivity contribution in [2.24, 2.45) is 0 Å². The number of esters is 1. The standard InChI is InChI=1S/C13H9O3/c1-9(15)16-13-7-6-10-4-2-3-5-11(10)12(13)8-14/h2-7H,1H3. The first kappa shape index (κ1) is 10.4. The van der Waals surface area contributed by atoms with E-state index in [1.807, 2.05) is 24.5 Å². The van der Waals surface area contributed by atoms with Gasteiger partial charge in [0.25, 0.3) is 0 Å². The van der Waals surface area contributed by atoms with Gasteiger partial charge in [0.15, 0.2) is 0 Å². The molecule has 0 saturated heterocycles. The van der Waals surface area contributed by atoms with Crippen LogP contribution in [0.15, 0.2) is 36.4 Å². The lowest BCUT2D eigenvalue weighted by Crippen LogP contribution is -2.04. The number of fused-ring (bicyclic) bond motifs is 1. The van der Waals surface area contributed by atoms with Crippen LogP contribution in [0.2, 0.25) is 0 Å². The van der Waals surface area contributed by atoms with Crippen molar-refractivity contribution in [1.82, 2.24) is 0 Å². The van der Waals surface area contributed by atoms with Crippen LogP contribution in [-0.4, -0.2) is 12.3 Å². The molecule has 2 rings (SSSR count). The molecule has 0 aliphatic rings. The quantitative estimate of drug-likeness (QED) is 0.567. The van der Waals surface area contributed by atoms with Crippen molar-refractivity contribution >= 4 is 23.0 Å². The van der Waals surface area contributed by atoms with E-state index in [1.54, 1.807) is 18.2 Å². The maximum Gasteiger partial charge on any atom is 0.308 e. The van der Waals surface area contributed by atoms with Gasteiger partial charge in [-0.1, -0.05) is 30.3 Å². The molecule has 79 valence electrons. The predicted octanol–water partition coefficient (Wildman–Crippen LogP) is 2.22. The predicted molar refractivity (Wildman–Crippen MR) is 60.1 cm³/mol. The Hall–Kier alpha value is -2.16. The lowest BCUT2D eigenvalue weighted by molar-refractivity contribution is -0.131. The van der Waals surface area contributed by atoms with Crippen LogP contribution in [0.4, 0.5) is 0 Å². The Bertz CT molecular complexity index is 558. The molecule has 3 heteroatoms. The van der Waals surface area contributed by atoms with Gasteiger partial charge in [-0.05, 0) is 16.8 Å². The molecular formula is C13H9O3. The van der Waals surface area contributed by atoms with E-state index in [0.29, 0.717) is 0 Å². The minimum Gasteiger partial charge on any atom is -0.426 e. The SMILES string of the molecule is CC(=O)Oc1ccc2ccccc2c1[C]=O. The Balaban J connectivity index is 2.67. The molecule has 0 N–H and O–H groups in total. The van der Waals surface area contributed by atoms with Gasteiger partial charge in [0.2, 0.25) is 6.29 Å². The molecule has 0 bridgehead atoms. The Morgan fingerprint density at radius 1 is 1.19 bits per heavy atom. The van der Waals surface area contributed by atoms with E-state index in [-0.39, 0.29) is 11.3 Å². The summed E-state index contributed by atoms with van der Waals surface area (Å²) >= 11 is 0. The second-order valence-corrected chi connectivity index (χ2v) is 3.36. The van der Waals surface area contributed by atoms with Crippen LogP contribution < -0.4 is 4.74 Å². The van der Waals surface area contributed by atoms with E-state index < -0.39 is 5.97 Å². The molecule has 0 saturated carbocycles. The second-order valence-electron chi connectivity index (χ2n) is 3.36. The van der Waals surface area contributed by atoms with Gasteiger partial charge in [-0.25, -0.2) is 0 Å². The molecular weight excluding hydrogens is 204 g/mol. The highest BCUT2D eigenvalue weighted by Crippen LogP contribution is 2.26. The largest absolute Gasteiger partial charge is 0.426 e. The second kappa shape index (κ2) is 4.14. The maximum atomic E-state index is 10.9. The first-order chi connectivity index (χ1) is 7.72. The Labute approximate surface area is 92.6 Å². The number of rotatable bonds is 2. The van der Waals surface area contributed by atoms with Crippen LogP contribution in [0.25, 0.3) is 10.8 Å². The third-order valence-electron chi connectivity index (χ3n) is 2.25. The summed E-state index contributed by atoms with van der Waals surface area (Å²) in [6.07, 6.45) is 1.82. The van der Waals surface area contributed by atoms with Gasteiger partial charge in [-0.15, -0.1) is 0 Å². The van der Waals surface area contributed by atoms with Crippen molar-refractivity contribution in [3.8, 4) is 5.75 Å². The molecule has 0 heterocycles. The zero-order valence-electron chi connectivity index (χ0n) is 8.69.